The molecule has 0 heterocycles. The van der Waals surface area contributed by atoms with Crippen molar-refractivity contribution in [3.05, 3.63) is 0 Å². The molecule has 0 aromatic carbocycles. The maximum Gasteiger partial charge on any atom is 0.306 e. The fraction of sp³-hybridized carbons (Fsp3) is 0.952. The topological polar surface area (TPSA) is 78.9 Å². The van der Waals surface area contributed by atoms with Crippen LogP contribution in [0.2, 0.25) is 0 Å². The van der Waals surface area contributed by atoms with Gasteiger partial charge < -0.3 is 14.2 Å². The summed E-state index contributed by atoms with van der Waals surface area (Å²) in [7, 11) is 0. The van der Waals surface area contributed by atoms with E-state index in [9.17, 15) is 14.4 Å². The van der Waals surface area contributed by atoms with E-state index in [1.807, 2.05) is 0 Å². The Balaban J connectivity index is 4.27. The molecule has 0 aliphatic rings. The third-order valence-electron chi connectivity index (χ3n) is 14.4. The van der Waals surface area contributed by atoms with Crippen molar-refractivity contribution in [2.24, 2.45) is 17.8 Å². The van der Waals surface area contributed by atoms with Crippen LogP contribution in [0.1, 0.15) is 350 Å². The van der Waals surface area contributed by atoms with E-state index in [1.54, 1.807) is 0 Å². The second-order valence-corrected chi connectivity index (χ2v) is 23.1. The Labute approximate surface area is 431 Å². The number of carbonyl (C=O) groups excluding carboxylic acids is 3. The van der Waals surface area contributed by atoms with Crippen molar-refractivity contribution >= 4 is 17.9 Å². The summed E-state index contributed by atoms with van der Waals surface area (Å²) in [6, 6.07) is 0. The van der Waals surface area contributed by atoms with Gasteiger partial charge in [0.2, 0.25) is 0 Å². The van der Waals surface area contributed by atoms with Gasteiger partial charge in [0.05, 0.1) is 0 Å². The normalized spacial score (nSPS) is 12.1. The lowest BCUT2D eigenvalue weighted by molar-refractivity contribution is -0.167. The minimum absolute atomic E-state index is 0.0630. The van der Waals surface area contributed by atoms with E-state index in [0.717, 1.165) is 75.5 Å². The molecule has 0 aliphatic heterocycles. The second kappa shape index (κ2) is 54.2. The Hall–Kier alpha value is -1.59. The molecule has 6 heteroatoms. The van der Waals surface area contributed by atoms with Gasteiger partial charge in [-0.15, -0.1) is 0 Å². The fourth-order valence-electron chi connectivity index (χ4n) is 9.71. The number of esters is 3. The Morgan fingerprint density at radius 1 is 0.246 bits per heavy atom. The van der Waals surface area contributed by atoms with Crippen molar-refractivity contribution in [3.8, 4) is 0 Å². The molecule has 0 saturated heterocycles. The molecule has 0 N–H and O–H groups in total. The second-order valence-electron chi connectivity index (χ2n) is 23.1. The number of hydrogen-bond acceptors (Lipinski definition) is 6. The van der Waals surface area contributed by atoms with Gasteiger partial charge in [-0.1, -0.05) is 311 Å². The van der Waals surface area contributed by atoms with Crippen LogP contribution in [0.5, 0.6) is 0 Å². The Kier molecular flexibility index (Phi) is 52.9. The number of unbranched alkanes of at least 4 members (excludes halogenated alkanes) is 39. The Morgan fingerprint density at radius 3 is 0.623 bits per heavy atom. The molecule has 0 amide bonds. The van der Waals surface area contributed by atoms with Crippen LogP contribution in [0, 0.1) is 17.8 Å². The molecule has 1 atom stereocenters. The maximum atomic E-state index is 12.9. The van der Waals surface area contributed by atoms with Gasteiger partial charge in [0.1, 0.15) is 13.2 Å². The van der Waals surface area contributed by atoms with Crippen molar-refractivity contribution < 1.29 is 28.6 Å². The summed E-state index contributed by atoms with van der Waals surface area (Å²) in [5, 5.41) is 0. The van der Waals surface area contributed by atoms with Crippen molar-refractivity contribution in [2.75, 3.05) is 13.2 Å². The third-order valence-corrected chi connectivity index (χ3v) is 14.4. The van der Waals surface area contributed by atoms with E-state index in [4.69, 9.17) is 14.2 Å². The van der Waals surface area contributed by atoms with Crippen LogP contribution in [0.25, 0.3) is 0 Å². The average Bonchev–Trinajstić information content (AvgIpc) is 3.31. The highest BCUT2D eigenvalue weighted by atomic mass is 16.6. The third kappa shape index (κ3) is 57.2. The monoisotopic (exact) mass is 975 g/mol. The van der Waals surface area contributed by atoms with Crippen LogP contribution in [0.15, 0.2) is 0 Å². The van der Waals surface area contributed by atoms with Crippen molar-refractivity contribution in [1.82, 2.24) is 0 Å². The van der Waals surface area contributed by atoms with Crippen LogP contribution in [0.3, 0.4) is 0 Å². The zero-order valence-corrected chi connectivity index (χ0v) is 47.6. The molecule has 0 aliphatic carbocycles. The quantitative estimate of drug-likeness (QED) is 0.0343. The van der Waals surface area contributed by atoms with E-state index < -0.39 is 6.10 Å². The van der Waals surface area contributed by atoms with Gasteiger partial charge in [0, 0.05) is 19.3 Å². The maximum absolute atomic E-state index is 12.9. The number of rotatable bonds is 56. The SMILES string of the molecule is CC(C)CCCCCCCCCCCCCCCCCCCCC(=O)O[C@@H](COC(=O)CCCCCCCCCCCCCCCC(C)C)COC(=O)CCCCCCCCCCCCCC(C)C. The highest BCUT2D eigenvalue weighted by Crippen LogP contribution is 2.19. The van der Waals surface area contributed by atoms with Gasteiger partial charge in [-0.3, -0.25) is 14.4 Å². The number of hydrogen-bond donors (Lipinski definition) is 0. The lowest BCUT2D eigenvalue weighted by Gasteiger charge is -2.18. The molecule has 410 valence electrons. The minimum atomic E-state index is -0.764. The molecular weight excluding hydrogens is 853 g/mol. The molecule has 0 aromatic heterocycles. The lowest BCUT2D eigenvalue weighted by Crippen LogP contribution is -2.30. The molecule has 0 spiro atoms. The minimum Gasteiger partial charge on any atom is -0.462 e. The Bertz CT molecular complexity index is 1070. The van der Waals surface area contributed by atoms with E-state index in [1.165, 1.54) is 231 Å². The van der Waals surface area contributed by atoms with E-state index in [2.05, 4.69) is 41.5 Å². The van der Waals surface area contributed by atoms with Crippen molar-refractivity contribution in [3.63, 3.8) is 0 Å². The smallest absolute Gasteiger partial charge is 0.306 e. The highest BCUT2D eigenvalue weighted by Gasteiger charge is 2.19. The molecule has 0 fully saturated rings. The van der Waals surface area contributed by atoms with Gasteiger partial charge in [-0.25, -0.2) is 0 Å². The summed E-state index contributed by atoms with van der Waals surface area (Å²) < 4.78 is 16.9. The zero-order valence-electron chi connectivity index (χ0n) is 47.6. The van der Waals surface area contributed by atoms with Crippen molar-refractivity contribution in [2.45, 2.75) is 356 Å². The summed E-state index contributed by atoms with van der Waals surface area (Å²) in [4.78, 5) is 38.2. The molecule has 0 bridgehead atoms. The number of ether oxygens (including phenoxy) is 3. The first-order valence-electron chi connectivity index (χ1n) is 31.1. The van der Waals surface area contributed by atoms with Gasteiger partial charge in [0.25, 0.3) is 0 Å². The molecular formula is C63H122O6. The van der Waals surface area contributed by atoms with Crippen LogP contribution >= 0.6 is 0 Å². The molecule has 0 rings (SSSR count). The van der Waals surface area contributed by atoms with Crippen molar-refractivity contribution in [1.29, 1.82) is 0 Å². The van der Waals surface area contributed by atoms with Gasteiger partial charge in [0.15, 0.2) is 6.10 Å². The van der Waals surface area contributed by atoms with Gasteiger partial charge >= 0.3 is 17.9 Å². The largest absolute Gasteiger partial charge is 0.462 e. The molecule has 0 saturated carbocycles. The molecule has 69 heavy (non-hydrogen) atoms. The fourth-order valence-corrected chi connectivity index (χ4v) is 9.71. The summed E-state index contributed by atoms with van der Waals surface area (Å²) in [5.41, 5.74) is 0. The van der Waals surface area contributed by atoms with Crippen LogP contribution in [-0.2, 0) is 28.6 Å². The highest BCUT2D eigenvalue weighted by molar-refractivity contribution is 5.71. The first kappa shape index (κ1) is 67.4. The number of carbonyl (C=O) groups is 3. The summed E-state index contributed by atoms with van der Waals surface area (Å²) in [6.45, 7) is 13.8. The van der Waals surface area contributed by atoms with Gasteiger partial charge in [-0.05, 0) is 37.0 Å². The summed E-state index contributed by atoms with van der Waals surface area (Å²) in [5.74, 6) is 1.69. The van der Waals surface area contributed by atoms with Crippen LogP contribution in [-0.4, -0.2) is 37.2 Å². The first-order chi connectivity index (χ1) is 33.6. The van der Waals surface area contributed by atoms with Gasteiger partial charge in [-0.2, -0.15) is 0 Å². The van der Waals surface area contributed by atoms with E-state index in [-0.39, 0.29) is 31.1 Å². The van der Waals surface area contributed by atoms with E-state index >= 15 is 0 Å². The molecule has 0 unspecified atom stereocenters. The Morgan fingerprint density at radius 2 is 0.420 bits per heavy atom. The molecule has 0 radical (unpaired) electrons. The average molecular weight is 976 g/mol. The lowest BCUT2D eigenvalue weighted by atomic mass is 10.0. The molecule has 6 nitrogen and oxygen atoms in total. The van der Waals surface area contributed by atoms with Crippen LogP contribution in [0.4, 0.5) is 0 Å². The first-order valence-corrected chi connectivity index (χ1v) is 31.1. The van der Waals surface area contributed by atoms with E-state index in [0.29, 0.717) is 19.3 Å². The molecule has 0 aromatic rings. The zero-order chi connectivity index (χ0) is 50.5. The summed E-state index contributed by atoms with van der Waals surface area (Å²) in [6.07, 6.45) is 58.2. The van der Waals surface area contributed by atoms with Crippen LogP contribution < -0.4 is 0 Å². The predicted octanol–water partition coefficient (Wildman–Crippen LogP) is 20.7. The standard InChI is InChI=1S/C63H122O6/c1-57(2)49-43-37-31-25-19-14-11-9-7-8-10-12-16-23-30-36-42-48-54-63(66)69-60(56-68-62(65)53-47-41-35-29-24-18-21-27-33-39-45-51-59(5)6)55-67-61(64)52-46-40-34-28-22-17-13-15-20-26-32-38-44-50-58(3)4/h57-60H,7-56H2,1-6H3/t60-/m0/s1. The summed E-state index contributed by atoms with van der Waals surface area (Å²) >= 11 is 0. The predicted molar refractivity (Wildman–Crippen MR) is 298 cm³/mol.